The topological polar surface area (TPSA) is 75.6 Å². The fourth-order valence-corrected chi connectivity index (χ4v) is 2.13. The minimum Gasteiger partial charge on any atom is -0.489 e. The molecule has 26 heavy (non-hydrogen) atoms. The summed E-state index contributed by atoms with van der Waals surface area (Å²) in [5.41, 5.74) is -0.378. The molecule has 0 radical (unpaired) electrons. The van der Waals surface area contributed by atoms with Crippen LogP contribution in [0.4, 0.5) is 18.9 Å². The summed E-state index contributed by atoms with van der Waals surface area (Å²) in [4.78, 5) is 22.8. The predicted molar refractivity (Wildman–Crippen MR) is 88.1 cm³/mol. The van der Waals surface area contributed by atoms with E-state index in [0.29, 0.717) is 5.56 Å². The molecule has 138 valence electrons. The first kappa shape index (κ1) is 19.3. The molecule has 8 heteroatoms. The van der Waals surface area contributed by atoms with Crippen molar-refractivity contribution in [2.45, 2.75) is 26.1 Å². The molecule has 2 aromatic rings. The number of halogens is 3. The number of carboxylic acid groups (broad SMARTS) is 1. The van der Waals surface area contributed by atoms with E-state index in [1.807, 2.05) is 0 Å². The molecule has 0 saturated heterocycles. The lowest BCUT2D eigenvalue weighted by molar-refractivity contribution is -0.137. The van der Waals surface area contributed by atoms with E-state index in [4.69, 9.17) is 4.74 Å². The number of hydrogen-bond donors (Lipinski definition) is 2. The van der Waals surface area contributed by atoms with Gasteiger partial charge < -0.3 is 15.2 Å². The van der Waals surface area contributed by atoms with Crippen LogP contribution in [-0.2, 0) is 17.6 Å². The Morgan fingerprint density at radius 2 is 1.88 bits per heavy atom. The zero-order valence-electron chi connectivity index (χ0n) is 13.8. The minimum atomic E-state index is -4.48. The van der Waals surface area contributed by atoms with E-state index < -0.39 is 17.7 Å². The van der Waals surface area contributed by atoms with Gasteiger partial charge in [-0.25, -0.2) is 4.79 Å². The first-order valence-electron chi connectivity index (χ1n) is 7.67. The molecule has 0 fully saturated rings. The van der Waals surface area contributed by atoms with Crippen LogP contribution in [0.5, 0.6) is 5.75 Å². The zero-order chi connectivity index (χ0) is 19.3. The standard InChI is InChI=1S/C18H16F3NO4/c1-2-16(23)22-15-7-6-11(8-14(15)17(24)25)10-26-13-5-3-4-12(9-13)18(19,20)21/h3-9H,2,10H2,1H3,(H,22,23)(H,24,25). The molecule has 2 N–H and O–H groups in total. The Labute approximate surface area is 147 Å². The number of benzene rings is 2. The van der Waals surface area contributed by atoms with Crippen LogP contribution < -0.4 is 10.1 Å². The Kier molecular flexibility index (Phi) is 5.86. The van der Waals surface area contributed by atoms with Crippen molar-refractivity contribution in [2.24, 2.45) is 0 Å². The van der Waals surface area contributed by atoms with Crippen molar-refractivity contribution in [3.8, 4) is 5.75 Å². The molecule has 2 rings (SSSR count). The molecule has 0 aromatic heterocycles. The molecule has 0 spiro atoms. The summed E-state index contributed by atoms with van der Waals surface area (Å²) in [6, 6.07) is 8.66. The molecule has 0 unspecified atom stereocenters. The summed E-state index contributed by atoms with van der Waals surface area (Å²) in [6.45, 7) is 1.51. The zero-order valence-corrected chi connectivity index (χ0v) is 13.8. The number of hydrogen-bond acceptors (Lipinski definition) is 3. The molecule has 1 amide bonds. The Morgan fingerprint density at radius 1 is 1.15 bits per heavy atom. The molecule has 2 aromatic carbocycles. The van der Waals surface area contributed by atoms with Crippen LogP contribution in [0.3, 0.4) is 0 Å². The molecule has 0 aliphatic carbocycles. The van der Waals surface area contributed by atoms with E-state index in [9.17, 15) is 27.9 Å². The Balaban J connectivity index is 2.16. The maximum Gasteiger partial charge on any atom is 0.416 e. The van der Waals surface area contributed by atoms with Gasteiger partial charge in [0.15, 0.2) is 0 Å². The third-order valence-electron chi connectivity index (χ3n) is 3.48. The third-order valence-corrected chi connectivity index (χ3v) is 3.48. The van der Waals surface area contributed by atoms with Crippen LogP contribution in [0.1, 0.15) is 34.8 Å². The van der Waals surface area contributed by atoms with Gasteiger partial charge in [0.1, 0.15) is 12.4 Å². The highest BCUT2D eigenvalue weighted by Crippen LogP contribution is 2.31. The summed E-state index contributed by atoms with van der Waals surface area (Å²) >= 11 is 0. The quantitative estimate of drug-likeness (QED) is 0.797. The van der Waals surface area contributed by atoms with Gasteiger partial charge in [-0.1, -0.05) is 19.1 Å². The lowest BCUT2D eigenvalue weighted by Gasteiger charge is -2.12. The number of carbonyl (C=O) groups is 2. The monoisotopic (exact) mass is 367 g/mol. The molecule has 0 bridgehead atoms. The number of amides is 1. The van der Waals surface area contributed by atoms with Crippen molar-refractivity contribution in [3.05, 3.63) is 59.2 Å². The van der Waals surface area contributed by atoms with Crippen molar-refractivity contribution in [1.29, 1.82) is 0 Å². The van der Waals surface area contributed by atoms with Crippen molar-refractivity contribution in [3.63, 3.8) is 0 Å². The van der Waals surface area contributed by atoms with Crippen molar-refractivity contribution in [2.75, 3.05) is 5.32 Å². The number of ether oxygens (including phenoxy) is 1. The number of carboxylic acids is 1. The number of rotatable bonds is 6. The van der Waals surface area contributed by atoms with Crippen LogP contribution in [0.2, 0.25) is 0 Å². The van der Waals surface area contributed by atoms with Crippen molar-refractivity contribution in [1.82, 2.24) is 0 Å². The average molecular weight is 367 g/mol. The number of nitrogens with one attached hydrogen (secondary N) is 1. The summed E-state index contributed by atoms with van der Waals surface area (Å²) in [6.07, 6.45) is -4.28. The summed E-state index contributed by atoms with van der Waals surface area (Å²) in [5, 5.41) is 11.8. The van der Waals surface area contributed by atoms with Gasteiger partial charge in [0.25, 0.3) is 0 Å². The predicted octanol–water partition coefficient (Wildman–Crippen LogP) is 4.33. The smallest absolute Gasteiger partial charge is 0.416 e. The third kappa shape index (κ3) is 4.98. The fourth-order valence-electron chi connectivity index (χ4n) is 2.13. The molecule has 5 nitrogen and oxygen atoms in total. The highest BCUT2D eigenvalue weighted by atomic mass is 19.4. The maximum absolute atomic E-state index is 12.7. The molecule has 0 aliphatic rings. The number of aromatic carboxylic acids is 1. The number of anilines is 1. The van der Waals surface area contributed by atoms with Gasteiger partial charge in [-0.05, 0) is 35.9 Å². The molecular weight excluding hydrogens is 351 g/mol. The molecular formula is C18H16F3NO4. The van der Waals surface area contributed by atoms with E-state index >= 15 is 0 Å². The van der Waals surface area contributed by atoms with Gasteiger partial charge in [-0.15, -0.1) is 0 Å². The van der Waals surface area contributed by atoms with E-state index in [2.05, 4.69) is 5.32 Å². The first-order chi connectivity index (χ1) is 12.2. The van der Waals surface area contributed by atoms with Crippen molar-refractivity contribution < 1.29 is 32.6 Å². The normalized spacial score (nSPS) is 11.1. The van der Waals surface area contributed by atoms with Crippen molar-refractivity contribution >= 4 is 17.6 Å². The van der Waals surface area contributed by atoms with E-state index in [0.717, 1.165) is 12.1 Å². The molecule has 0 aliphatic heterocycles. The first-order valence-corrected chi connectivity index (χ1v) is 7.67. The van der Waals surface area contributed by atoms with Crippen LogP contribution in [0.25, 0.3) is 0 Å². The average Bonchev–Trinajstić information content (AvgIpc) is 2.60. The van der Waals surface area contributed by atoms with Gasteiger partial charge in [0.05, 0.1) is 16.8 Å². The molecule has 0 heterocycles. The van der Waals surface area contributed by atoms with Gasteiger partial charge >= 0.3 is 12.1 Å². The van der Waals surface area contributed by atoms with Gasteiger partial charge in [0, 0.05) is 6.42 Å². The lowest BCUT2D eigenvalue weighted by Crippen LogP contribution is -2.13. The summed E-state index contributed by atoms with van der Waals surface area (Å²) in [7, 11) is 0. The van der Waals surface area contributed by atoms with E-state index in [1.165, 1.54) is 30.3 Å². The van der Waals surface area contributed by atoms with Crippen LogP contribution >= 0.6 is 0 Å². The second kappa shape index (κ2) is 7.90. The largest absolute Gasteiger partial charge is 0.489 e. The van der Waals surface area contributed by atoms with Crippen LogP contribution in [-0.4, -0.2) is 17.0 Å². The second-order valence-electron chi connectivity index (χ2n) is 5.40. The molecule has 0 atom stereocenters. The SMILES string of the molecule is CCC(=O)Nc1ccc(COc2cccc(C(F)(F)F)c2)cc1C(=O)O. The van der Waals surface area contributed by atoms with E-state index in [-0.39, 0.29) is 35.9 Å². The highest BCUT2D eigenvalue weighted by Gasteiger charge is 2.30. The Hall–Kier alpha value is -3.03. The van der Waals surface area contributed by atoms with Gasteiger partial charge in [-0.2, -0.15) is 13.2 Å². The Bertz CT molecular complexity index is 818. The lowest BCUT2D eigenvalue weighted by atomic mass is 10.1. The van der Waals surface area contributed by atoms with Crippen LogP contribution in [0, 0.1) is 0 Å². The van der Waals surface area contributed by atoms with E-state index in [1.54, 1.807) is 6.92 Å². The number of alkyl halides is 3. The second-order valence-corrected chi connectivity index (χ2v) is 5.40. The fraction of sp³-hybridized carbons (Fsp3) is 0.222. The number of carbonyl (C=O) groups excluding carboxylic acids is 1. The van der Waals surface area contributed by atoms with Crippen LogP contribution in [0.15, 0.2) is 42.5 Å². The highest BCUT2D eigenvalue weighted by molar-refractivity contribution is 6.00. The van der Waals surface area contributed by atoms with Gasteiger partial charge in [0.2, 0.25) is 5.91 Å². The molecule has 0 saturated carbocycles. The van der Waals surface area contributed by atoms with Gasteiger partial charge in [-0.3, -0.25) is 4.79 Å². The summed E-state index contributed by atoms with van der Waals surface area (Å²) in [5.74, 6) is -1.56. The minimum absolute atomic E-state index is 0.0139. The summed E-state index contributed by atoms with van der Waals surface area (Å²) < 4.78 is 43.4. The Morgan fingerprint density at radius 3 is 2.50 bits per heavy atom. The maximum atomic E-state index is 12.7.